The fourth-order valence-electron chi connectivity index (χ4n) is 1.30. The Kier molecular flexibility index (Phi) is 3.28. The monoisotopic (exact) mass is 209 g/mol. The lowest BCUT2D eigenvalue weighted by atomic mass is 10.00. The largest absolute Gasteiger partial charge is 0.480 e. The molecule has 1 unspecified atom stereocenters. The number of carbonyl (C=O) groups is 2. The third kappa shape index (κ3) is 2.70. The van der Waals surface area contributed by atoms with Gasteiger partial charge in [-0.15, -0.1) is 0 Å². The van der Waals surface area contributed by atoms with E-state index in [-0.39, 0.29) is 12.1 Å². The SMILES string of the molecule is C=C/C=C1\C=C(C(=O)O)NC(C(=O)O)C1. The Morgan fingerprint density at radius 1 is 1.53 bits per heavy atom. The summed E-state index contributed by atoms with van der Waals surface area (Å²) in [6.07, 6.45) is 4.75. The van der Waals surface area contributed by atoms with Crippen molar-refractivity contribution in [3.05, 3.63) is 36.1 Å². The summed E-state index contributed by atoms with van der Waals surface area (Å²) in [4.78, 5) is 21.4. The Morgan fingerprint density at radius 2 is 2.20 bits per heavy atom. The van der Waals surface area contributed by atoms with Gasteiger partial charge in [0, 0.05) is 6.42 Å². The molecule has 5 nitrogen and oxygen atoms in total. The lowest BCUT2D eigenvalue weighted by Crippen LogP contribution is -2.40. The number of aliphatic carboxylic acids is 2. The molecule has 0 saturated carbocycles. The molecule has 0 radical (unpaired) electrons. The molecule has 0 fully saturated rings. The van der Waals surface area contributed by atoms with Gasteiger partial charge in [0.25, 0.3) is 0 Å². The highest BCUT2D eigenvalue weighted by molar-refractivity contribution is 5.89. The molecule has 1 heterocycles. The normalized spacial score (nSPS) is 22.8. The van der Waals surface area contributed by atoms with Gasteiger partial charge in [0.05, 0.1) is 0 Å². The predicted molar refractivity (Wildman–Crippen MR) is 53.2 cm³/mol. The average Bonchev–Trinajstić information content (AvgIpc) is 2.17. The smallest absolute Gasteiger partial charge is 0.351 e. The highest BCUT2D eigenvalue weighted by Crippen LogP contribution is 2.16. The van der Waals surface area contributed by atoms with E-state index < -0.39 is 18.0 Å². The Hall–Kier alpha value is -2.04. The molecule has 80 valence electrons. The molecule has 0 amide bonds. The summed E-state index contributed by atoms with van der Waals surface area (Å²) in [5.41, 5.74) is 0.523. The molecule has 15 heavy (non-hydrogen) atoms. The van der Waals surface area contributed by atoms with E-state index in [1.807, 2.05) is 0 Å². The van der Waals surface area contributed by atoms with E-state index in [9.17, 15) is 9.59 Å². The minimum atomic E-state index is -1.17. The zero-order valence-corrected chi connectivity index (χ0v) is 7.93. The first-order chi connectivity index (χ1) is 7.04. The summed E-state index contributed by atoms with van der Waals surface area (Å²) >= 11 is 0. The molecular weight excluding hydrogens is 198 g/mol. The van der Waals surface area contributed by atoms with Gasteiger partial charge >= 0.3 is 11.9 Å². The van der Waals surface area contributed by atoms with Crippen molar-refractivity contribution in [2.75, 3.05) is 0 Å². The van der Waals surface area contributed by atoms with Crippen molar-refractivity contribution in [2.24, 2.45) is 0 Å². The van der Waals surface area contributed by atoms with Gasteiger partial charge in [0.15, 0.2) is 0 Å². The summed E-state index contributed by atoms with van der Waals surface area (Å²) in [5, 5.41) is 20.0. The van der Waals surface area contributed by atoms with E-state index in [1.165, 1.54) is 12.2 Å². The maximum Gasteiger partial charge on any atom is 0.351 e. The standard InChI is InChI=1S/C10H11NO4/c1-2-3-6-4-7(9(12)13)11-8(5-6)10(14)15/h2-4,8,11H,1,5H2,(H,12,13)(H,14,15)/b6-3+. The van der Waals surface area contributed by atoms with Crippen LogP contribution >= 0.6 is 0 Å². The number of carboxylic acid groups (broad SMARTS) is 2. The number of rotatable bonds is 3. The van der Waals surface area contributed by atoms with Crippen molar-refractivity contribution in [1.29, 1.82) is 0 Å². The summed E-state index contributed by atoms with van der Waals surface area (Å²) in [6, 6.07) is -0.896. The van der Waals surface area contributed by atoms with Gasteiger partial charge < -0.3 is 15.5 Å². The van der Waals surface area contributed by atoms with Crippen molar-refractivity contribution in [3.8, 4) is 0 Å². The lowest BCUT2D eigenvalue weighted by molar-refractivity contribution is -0.139. The van der Waals surface area contributed by atoms with Crippen molar-refractivity contribution in [1.82, 2.24) is 5.32 Å². The Bertz CT molecular complexity index is 368. The molecule has 0 spiro atoms. The molecule has 1 aliphatic rings. The zero-order chi connectivity index (χ0) is 11.4. The number of hydrogen-bond acceptors (Lipinski definition) is 3. The van der Waals surface area contributed by atoms with Crippen LogP contribution in [0.15, 0.2) is 36.1 Å². The second-order valence-corrected chi connectivity index (χ2v) is 3.08. The zero-order valence-electron chi connectivity index (χ0n) is 7.93. The molecule has 1 rings (SSSR count). The van der Waals surface area contributed by atoms with Gasteiger partial charge in [-0.3, -0.25) is 0 Å². The highest BCUT2D eigenvalue weighted by Gasteiger charge is 2.25. The van der Waals surface area contributed by atoms with Crippen LogP contribution in [0.1, 0.15) is 6.42 Å². The van der Waals surface area contributed by atoms with Gasteiger partial charge in [0.2, 0.25) is 0 Å². The summed E-state index contributed by atoms with van der Waals surface area (Å²) in [7, 11) is 0. The lowest BCUT2D eigenvalue weighted by Gasteiger charge is -2.21. The predicted octanol–water partition coefficient (Wildman–Crippen LogP) is 0.514. The van der Waals surface area contributed by atoms with Crippen LogP contribution in [0.2, 0.25) is 0 Å². The molecule has 0 aromatic carbocycles. The molecule has 0 aliphatic carbocycles. The third-order valence-electron chi connectivity index (χ3n) is 1.96. The summed E-state index contributed by atoms with van der Waals surface area (Å²) < 4.78 is 0. The molecule has 5 heteroatoms. The maximum absolute atomic E-state index is 10.7. The van der Waals surface area contributed by atoms with Crippen LogP contribution in [0.25, 0.3) is 0 Å². The van der Waals surface area contributed by atoms with Crippen LogP contribution in [-0.4, -0.2) is 28.2 Å². The summed E-state index contributed by atoms with van der Waals surface area (Å²) in [6.45, 7) is 3.47. The van der Waals surface area contributed by atoms with E-state index >= 15 is 0 Å². The molecule has 0 saturated heterocycles. The molecule has 1 aliphatic heterocycles. The molecule has 1 atom stereocenters. The van der Waals surface area contributed by atoms with Crippen molar-refractivity contribution >= 4 is 11.9 Å². The summed E-state index contributed by atoms with van der Waals surface area (Å²) in [5.74, 6) is -2.24. The number of carboxylic acids is 2. The van der Waals surface area contributed by atoms with Gasteiger partial charge in [-0.2, -0.15) is 0 Å². The third-order valence-corrected chi connectivity index (χ3v) is 1.96. The van der Waals surface area contributed by atoms with Gasteiger partial charge in [0.1, 0.15) is 11.7 Å². The molecule has 3 N–H and O–H groups in total. The number of hydrogen-bond donors (Lipinski definition) is 3. The quantitative estimate of drug-likeness (QED) is 0.630. The van der Waals surface area contributed by atoms with Crippen molar-refractivity contribution in [2.45, 2.75) is 12.5 Å². The first-order valence-electron chi connectivity index (χ1n) is 4.30. The molecule has 0 aromatic rings. The molecular formula is C10H11NO4. The van der Waals surface area contributed by atoms with E-state index in [4.69, 9.17) is 10.2 Å². The Balaban J connectivity index is 2.99. The van der Waals surface area contributed by atoms with Gasteiger partial charge in [-0.1, -0.05) is 18.7 Å². The van der Waals surface area contributed by atoms with E-state index in [0.717, 1.165) is 0 Å². The fourth-order valence-corrected chi connectivity index (χ4v) is 1.30. The Morgan fingerprint density at radius 3 is 2.67 bits per heavy atom. The topological polar surface area (TPSA) is 86.6 Å². The van der Waals surface area contributed by atoms with Crippen molar-refractivity contribution < 1.29 is 19.8 Å². The molecule has 0 bridgehead atoms. The average molecular weight is 209 g/mol. The van der Waals surface area contributed by atoms with Crippen LogP contribution in [0.5, 0.6) is 0 Å². The number of nitrogens with one attached hydrogen (secondary N) is 1. The van der Waals surface area contributed by atoms with Gasteiger partial charge in [-0.05, 0) is 11.6 Å². The first-order valence-corrected chi connectivity index (χ1v) is 4.30. The second-order valence-electron chi connectivity index (χ2n) is 3.08. The van der Waals surface area contributed by atoms with Crippen LogP contribution in [0.3, 0.4) is 0 Å². The first kappa shape index (κ1) is 11.0. The van der Waals surface area contributed by atoms with E-state index in [0.29, 0.717) is 5.57 Å². The van der Waals surface area contributed by atoms with E-state index in [2.05, 4.69) is 11.9 Å². The van der Waals surface area contributed by atoms with Crippen LogP contribution in [0.4, 0.5) is 0 Å². The minimum Gasteiger partial charge on any atom is -0.480 e. The molecule has 0 aromatic heterocycles. The minimum absolute atomic E-state index is 0.109. The second kappa shape index (κ2) is 4.45. The highest BCUT2D eigenvalue weighted by atomic mass is 16.4. The Labute approximate surface area is 86.4 Å². The van der Waals surface area contributed by atoms with Crippen LogP contribution in [0, 0.1) is 0 Å². The van der Waals surface area contributed by atoms with Gasteiger partial charge in [-0.25, -0.2) is 9.59 Å². The van der Waals surface area contributed by atoms with Crippen molar-refractivity contribution in [3.63, 3.8) is 0 Å². The fraction of sp³-hybridized carbons (Fsp3) is 0.200. The maximum atomic E-state index is 10.7. The van der Waals surface area contributed by atoms with Crippen LogP contribution < -0.4 is 5.32 Å². The van der Waals surface area contributed by atoms with E-state index in [1.54, 1.807) is 6.08 Å². The van der Waals surface area contributed by atoms with Crippen LogP contribution in [-0.2, 0) is 9.59 Å². The number of allylic oxidation sites excluding steroid dienone is 3.